The van der Waals surface area contributed by atoms with Crippen LogP contribution in [0.2, 0.25) is 0 Å². The molecular formula is C15H22N4O2. The number of hydrogen-bond donors (Lipinski definition) is 2. The van der Waals surface area contributed by atoms with Crippen molar-refractivity contribution in [3.8, 4) is 6.07 Å². The van der Waals surface area contributed by atoms with E-state index in [9.17, 15) is 4.79 Å². The van der Waals surface area contributed by atoms with Crippen molar-refractivity contribution in [3.05, 3.63) is 23.8 Å². The number of nitrogens with one attached hydrogen (secondary N) is 1. The highest BCUT2D eigenvalue weighted by Gasteiger charge is 2.12. The van der Waals surface area contributed by atoms with Gasteiger partial charge in [0.15, 0.2) is 0 Å². The number of nitrogens with two attached hydrogens (primary N) is 1. The van der Waals surface area contributed by atoms with Crippen LogP contribution in [0.25, 0.3) is 0 Å². The summed E-state index contributed by atoms with van der Waals surface area (Å²) < 4.78 is 5.08. The van der Waals surface area contributed by atoms with Gasteiger partial charge in [-0.05, 0) is 25.1 Å². The molecule has 0 heterocycles. The summed E-state index contributed by atoms with van der Waals surface area (Å²) in [5.41, 5.74) is 7.92. The highest BCUT2D eigenvalue weighted by Crippen LogP contribution is 2.24. The lowest BCUT2D eigenvalue weighted by atomic mass is 10.1. The number of hydrogen-bond acceptors (Lipinski definition) is 5. The summed E-state index contributed by atoms with van der Waals surface area (Å²) in [4.78, 5) is 13.8. The second kappa shape index (κ2) is 8.82. The molecule has 0 saturated carbocycles. The minimum Gasteiger partial charge on any atom is -0.397 e. The smallest absolute Gasteiger partial charge is 0.251 e. The van der Waals surface area contributed by atoms with Crippen molar-refractivity contribution in [2.75, 3.05) is 44.0 Å². The number of nitrogens with zero attached hydrogens (tertiary/aromatic N) is 2. The van der Waals surface area contributed by atoms with Gasteiger partial charge in [-0.25, -0.2) is 0 Å². The molecule has 6 nitrogen and oxygen atoms in total. The zero-order valence-corrected chi connectivity index (χ0v) is 12.6. The van der Waals surface area contributed by atoms with Crippen molar-refractivity contribution < 1.29 is 9.53 Å². The van der Waals surface area contributed by atoms with Gasteiger partial charge in [0.1, 0.15) is 0 Å². The first kappa shape index (κ1) is 16.8. The third-order valence-electron chi connectivity index (χ3n) is 3.03. The fourth-order valence-corrected chi connectivity index (χ4v) is 1.99. The van der Waals surface area contributed by atoms with Gasteiger partial charge in [0.05, 0.1) is 30.5 Å². The average molecular weight is 290 g/mol. The molecule has 6 heteroatoms. The summed E-state index contributed by atoms with van der Waals surface area (Å²) in [5, 5.41) is 11.5. The van der Waals surface area contributed by atoms with E-state index >= 15 is 0 Å². The molecule has 1 amide bonds. The summed E-state index contributed by atoms with van der Waals surface area (Å²) in [6.07, 6.45) is 0.404. The average Bonchev–Trinajstić information content (AvgIpc) is 2.48. The Morgan fingerprint density at radius 2 is 2.24 bits per heavy atom. The number of methoxy groups -OCH3 is 1. The van der Waals surface area contributed by atoms with E-state index in [1.165, 1.54) is 0 Å². The molecule has 114 valence electrons. The van der Waals surface area contributed by atoms with Crippen LogP contribution in [-0.2, 0) is 4.74 Å². The van der Waals surface area contributed by atoms with Crippen LogP contribution in [-0.4, -0.2) is 39.3 Å². The van der Waals surface area contributed by atoms with E-state index in [2.05, 4.69) is 11.4 Å². The molecule has 1 rings (SSSR count). The van der Waals surface area contributed by atoms with Gasteiger partial charge in [-0.3, -0.25) is 4.79 Å². The minimum absolute atomic E-state index is 0.142. The number of carbonyl (C=O) groups is 1. The van der Waals surface area contributed by atoms with Crippen LogP contribution in [0.5, 0.6) is 0 Å². The molecular weight excluding hydrogens is 268 g/mol. The Labute approximate surface area is 125 Å². The van der Waals surface area contributed by atoms with Crippen molar-refractivity contribution in [2.45, 2.75) is 13.3 Å². The number of benzene rings is 1. The Hall–Kier alpha value is -2.26. The molecule has 0 saturated heterocycles. The normalized spacial score (nSPS) is 9.95. The zero-order chi connectivity index (χ0) is 15.7. The second-order valence-electron chi connectivity index (χ2n) is 4.52. The quantitative estimate of drug-likeness (QED) is 0.706. The lowest BCUT2D eigenvalue weighted by Gasteiger charge is -2.25. The van der Waals surface area contributed by atoms with Gasteiger partial charge in [-0.15, -0.1) is 0 Å². The first-order valence-corrected chi connectivity index (χ1v) is 6.92. The minimum atomic E-state index is -0.142. The fourth-order valence-electron chi connectivity index (χ4n) is 1.99. The van der Waals surface area contributed by atoms with Crippen LogP contribution < -0.4 is 16.0 Å². The molecule has 0 unspecified atom stereocenters. The van der Waals surface area contributed by atoms with Gasteiger partial charge in [0.25, 0.3) is 5.91 Å². The Kier molecular flexibility index (Phi) is 7.05. The predicted octanol–water partition coefficient (Wildman–Crippen LogP) is 1.38. The van der Waals surface area contributed by atoms with Gasteiger partial charge in [0, 0.05) is 32.3 Å². The molecule has 0 aliphatic heterocycles. The summed E-state index contributed by atoms with van der Waals surface area (Å²) in [6.45, 7) is 4.20. The van der Waals surface area contributed by atoms with Gasteiger partial charge < -0.3 is 20.7 Å². The summed E-state index contributed by atoms with van der Waals surface area (Å²) in [5.74, 6) is -0.142. The summed E-state index contributed by atoms with van der Waals surface area (Å²) >= 11 is 0. The maximum atomic E-state index is 11.8. The molecule has 0 aromatic heterocycles. The van der Waals surface area contributed by atoms with Crippen molar-refractivity contribution in [2.24, 2.45) is 0 Å². The molecule has 0 aliphatic rings. The Morgan fingerprint density at radius 3 is 2.81 bits per heavy atom. The molecule has 21 heavy (non-hydrogen) atoms. The fraction of sp³-hybridized carbons (Fsp3) is 0.467. The molecule has 0 bridgehead atoms. The van der Waals surface area contributed by atoms with E-state index < -0.39 is 0 Å². The topological polar surface area (TPSA) is 91.4 Å². The van der Waals surface area contributed by atoms with E-state index in [4.69, 9.17) is 15.7 Å². The van der Waals surface area contributed by atoms with Crippen LogP contribution in [0.15, 0.2) is 18.2 Å². The molecule has 0 atom stereocenters. The molecule has 3 N–H and O–H groups in total. The lowest BCUT2D eigenvalue weighted by molar-refractivity contribution is 0.0956. The highest BCUT2D eigenvalue weighted by molar-refractivity contribution is 5.96. The molecule has 0 spiro atoms. The molecule has 0 aliphatic carbocycles. The van der Waals surface area contributed by atoms with Crippen molar-refractivity contribution in [3.63, 3.8) is 0 Å². The Balaban J connectivity index is 2.93. The standard InChI is InChI=1S/C15H22N4O2/c1-3-18-15(20)12-5-6-14(13(17)11-12)19(8-4-7-16)9-10-21-2/h5-6,11H,3-4,8-10,17H2,1-2H3,(H,18,20). The predicted molar refractivity (Wildman–Crippen MR) is 83.2 cm³/mol. The third-order valence-corrected chi connectivity index (χ3v) is 3.03. The largest absolute Gasteiger partial charge is 0.397 e. The van der Waals surface area contributed by atoms with Crippen molar-refractivity contribution >= 4 is 17.3 Å². The Morgan fingerprint density at radius 1 is 1.48 bits per heavy atom. The van der Waals surface area contributed by atoms with Crippen LogP contribution in [0.3, 0.4) is 0 Å². The van der Waals surface area contributed by atoms with Crippen LogP contribution in [0.1, 0.15) is 23.7 Å². The maximum Gasteiger partial charge on any atom is 0.251 e. The SMILES string of the molecule is CCNC(=O)c1ccc(N(CCC#N)CCOC)c(N)c1. The van der Waals surface area contributed by atoms with Gasteiger partial charge in [0.2, 0.25) is 0 Å². The molecule has 1 aromatic carbocycles. The van der Waals surface area contributed by atoms with Crippen molar-refractivity contribution in [1.82, 2.24) is 5.32 Å². The first-order chi connectivity index (χ1) is 10.1. The number of anilines is 2. The summed E-state index contributed by atoms with van der Waals surface area (Å²) in [7, 11) is 1.63. The van der Waals surface area contributed by atoms with Crippen LogP contribution in [0.4, 0.5) is 11.4 Å². The van der Waals surface area contributed by atoms with E-state index in [0.29, 0.717) is 43.9 Å². The van der Waals surface area contributed by atoms with E-state index in [0.717, 1.165) is 5.69 Å². The monoisotopic (exact) mass is 290 g/mol. The van der Waals surface area contributed by atoms with E-state index in [1.54, 1.807) is 19.2 Å². The summed E-state index contributed by atoms with van der Waals surface area (Å²) in [6, 6.07) is 7.33. The molecule has 0 radical (unpaired) electrons. The van der Waals surface area contributed by atoms with Crippen molar-refractivity contribution in [1.29, 1.82) is 5.26 Å². The number of rotatable bonds is 8. The third kappa shape index (κ3) is 4.97. The van der Waals surface area contributed by atoms with E-state index in [1.807, 2.05) is 17.9 Å². The van der Waals surface area contributed by atoms with Gasteiger partial charge in [-0.2, -0.15) is 5.26 Å². The first-order valence-electron chi connectivity index (χ1n) is 6.92. The number of amides is 1. The van der Waals surface area contributed by atoms with Gasteiger partial charge >= 0.3 is 0 Å². The number of carbonyl (C=O) groups excluding carboxylic acids is 1. The number of ether oxygens (including phenoxy) is 1. The van der Waals surface area contributed by atoms with Gasteiger partial charge in [-0.1, -0.05) is 0 Å². The number of nitrogen functional groups attached to an aromatic ring is 1. The highest BCUT2D eigenvalue weighted by atomic mass is 16.5. The zero-order valence-electron chi connectivity index (χ0n) is 12.6. The Bertz CT molecular complexity index is 511. The maximum absolute atomic E-state index is 11.8. The lowest BCUT2D eigenvalue weighted by Crippen LogP contribution is -2.29. The van der Waals surface area contributed by atoms with Crippen LogP contribution in [0, 0.1) is 11.3 Å². The number of nitriles is 1. The van der Waals surface area contributed by atoms with Crippen LogP contribution >= 0.6 is 0 Å². The second-order valence-corrected chi connectivity index (χ2v) is 4.52. The molecule has 0 fully saturated rings. The molecule has 1 aromatic rings. The van der Waals surface area contributed by atoms with E-state index in [-0.39, 0.29) is 5.91 Å².